The Morgan fingerprint density at radius 3 is 2.46 bits per heavy atom. The zero-order valence-corrected chi connectivity index (χ0v) is 19.9. The lowest BCUT2D eigenvalue weighted by Crippen LogP contribution is -2.48. The van der Waals surface area contributed by atoms with Gasteiger partial charge in [-0.05, 0) is 42.5 Å². The largest absolute Gasteiger partial charge is 0.416 e. The molecule has 1 aliphatic heterocycles. The van der Waals surface area contributed by atoms with Crippen LogP contribution in [0.15, 0.2) is 60.1 Å². The van der Waals surface area contributed by atoms with Gasteiger partial charge in [0.15, 0.2) is 0 Å². The second-order valence-corrected chi connectivity index (χ2v) is 9.45. The number of benzene rings is 2. The molecule has 1 aliphatic rings. The van der Waals surface area contributed by atoms with Crippen LogP contribution in [0.1, 0.15) is 5.56 Å². The van der Waals surface area contributed by atoms with Crippen LogP contribution in [0.5, 0.6) is 0 Å². The predicted octanol–water partition coefficient (Wildman–Crippen LogP) is 4.20. The van der Waals surface area contributed by atoms with Crippen LogP contribution in [0.3, 0.4) is 0 Å². The number of amides is 1. The molecule has 2 heterocycles. The molecule has 0 spiro atoms. The Bertz CT molecular complexity index is 1170. The number of nitrogens with zero attached hydrogens (tertiary/aromatic N) is 4. The summed E-state index contributed by atoms with van der Waals surface area (Å²) >= 11 is -1.08. The first kappa shape index (κ1) is 25.1. The van der Waals surface area contributed by atoms with Crippen molar-refractivity contribution in [2.24, 2.45) is 0 Å². The molecule has 0 saturated carbocycles. The molecule has 1 atom stereocenters. The van der Waals surface area contributed by atoms with Gasteiger partial charge < -0.3 is 10.2 Å². The Balaban J connectivity index is 1.29. The Labute approximate surface area is 206 Å². The molecule has 1 unspecified atom stereocenters. The summed E-state index contributed by atoms with van der Waals surface area (Å²) in [5.41, 5.74) is 0.816. The fourth-order valence-corrected chi connectivity index (χ4v) is 5.08. The van der Waals surface area contributed by atoms with Crippen LogP contribution in [0.2, 0.25) is 0 Å². The minimum Gasteiger partial charge on any atom is -0.369 e. The number of alkyl halides is 3. The summed E-state index contributed by atoms with van der Waals surface area (Å²) < 4.78 is 61.4. The highest BCUT2D eigenvalue weighted by Crippen LogP contribution is 2.32. The fourth-order valence-electron chi connectivity index (χ4n) is 3.71. The van der Waals surface area contributed by atoms with E-state index in [1.54, 1.807) is 35.7 Å². The van der Waals surface area contributed by atoms with Crippen molar-refractivity contribution in [1.82, 2.24) is 9.88 Å². The average molecular weight is 526 g/mol. The average Bonchev–Trinajstić information content (AvgIpc) is 3.34. The van der Waals surface area contributed by atoms with E-state index < -0.39 is 23.0 Å². The number of carbonyl (C=O) groups excluding carboxylic acids is 1. The maximum atomic E-state index is 13.0. The van der Waals surface area contributed by atoms with E-state index in [1.807, 2.05) is 9.80 Å². The summed E-state index contributed by atoms with van der Waals surface area (Å²) in [6.07, 6.45) is -2.85. The van der Waals surface area contributed by atoms with Gasteiger partial charge in [0.2, 0.25) is 11.0 Å². The number of anilines is 4. The number of rotatable bonds is 7. The summed E-state index contributed by atoms with van der Waals surface area (Å²) in [5.74, 6) is -0.229. The highest BCUT2D eigenvalue weighted by molar-refractivity contribution is 7.81. The summed E-state index contributed by atoms with van der Waals surface area (Å²) in [7, 11) is 0. The van der Waals surface area contributed by atoms with Crippen LogP contribution in [0.4, 0.5) is 35.4 Å². The molecular formula is C22H22F3N5O3S2. The van der Waals surface area contributed by atoms with E-state index >= 15 is 0 Å². The van der Waals surface area contributed by atoms with E-state index in [0.29, 0.717) is 48.4 Å². The van der Waals surface area contributed by atoms with Crippen molar-refractivity contribution in [3.8, 4) is 0 Å². The maximum absolute atomic E-state index is 13.0. The Hall–Kier alpha value is -3.00. The predicted molar refractivity (Wildman–Crippen MR) is 130 cm³/mol. The van der Waals surface area contributed by atoms with Crippen molar-refractivity contribution < 1.29 is 26.7 Å². The van der Waals surface area contributed by atoms with Crippen LogP contribution in [0.25, 0.3) is 0 Å². The summed E-state index contributed by atoms with van der Waals surface area (Å²) in [5, 5.41) is 4.86. The summed E-state index contributed by atoms with van der Waals surface area (Å²) in [6, 6.07) is 11.7. The molecule has 8 nitrogen and oxygen atoms in total. The molecule has 2 aromatic carbocycles. The number of hydrogen-bond acceptors (Lipinski definition) is 6. The van der Waals surface area contributed by atoms with E-state index in [1.165, 1.54) is 27.9 Å². The Kier molecular flexibility index (Phi) is 7.69. The highest BCUT2D eigenvalue weighted by Gasteiger charge is 2.31. The minimum atomic E-state index is -4.39. The molecule has 0 bridgehead atoms. The van der Waals surface area contributed by atoms with E-state index in [9.17, 15) is 26.7 Å². The first-order valence-electron chi connectivity index (χ1n) is 10.6. The van der Waals surface area contributed by atoms with Gasteiger partial charge in [-0.15, -0.1) is 11.3 Å². The van der Waals surface area contributed by atoms with Gasteiger partial charge in [0.1, 0.15) is 0 Å². The number of nitrogens with one attached hydrogen (secondary N) is 1. The Morgan fingerprint density at radius 1 is 1.14 bits per heavy atom. The third-order valence-electron chi connectivity index (χ3n) is 5.41. The van der Waals surface area contributed by atoms with Gasteiger partial charge in [-0.3, -0.25) is 14.2 Å². The number of aromatic nitrogens is 1. The van der Waals surface area contributed by atoms with Crippen molar-refractivity contribution in [1.29, 1.82) is 0 Å². The lowest BCUT2D eigenvalue weighted by molar-refractivity contribution is -0.137. The lowest BCUT2D eigenvalue weighted by Gasteiger charge is -2.36. The number of thiazole rings is 1. The molecule has 1 saturated heterocycles. The van der Waals surface area contributed by atoms with E-state index in [4.69, 9.17) is 0 Å². The van der Waals surface area contributed by atoms with Crippen LogP contribution in [0, 0.1) is 0 Å². The first-order valence-corrected chi connectivity index (χ1v) is 12.5. The van der Waals surface area contributed by atoms with Gasteiger partial charge in [-0.2, -0.15) is 13.2 Å². The highest BCUT2D eigenvalue weighted by atomic mass is 32.2. The van der Waals surface area contributed by atoms with E-state index in [0.717, 1.165) is 12.1 Å². The molecular weight excluding hydrogens is 503 g/mol. The van der Waals surface area contributed by atoms with Gasteiger partial charge in [0.25, 0.3) is 11.3 Å². The molecule has 0 radical (unpaired) electrons. The maximum Gasteiger partial charge on any atom is 0.416 e. The standard InChI is InChI=1S/C22H22F3N5O3S2/c23-22(24,25)16-2-1-3-19(14-16)29-11-9-28(10-12-29)15-20(31)27-17-4-6-18(7-5-17)30(35(32)33)21-26-8-13-34-21/h1-8,13-14H,9-12,15H2,(H,27,31)(H,32,33). The molecule has 4 rings (SSSR count). The second kappa shape index (κ2) is 10.7. The molecule has 0 aliphatic carbocycles. The van der Waals surface area contributed by atoms with Gasteiger partial charge in [-0.25, -0.2) is 13.5 Å². The minimum absolute atomic E-state index is 0.143. The van der Waals surface area contributed by atoms with E-state index in [-0.39, 0.29) is 12.5 Å². The summed E-state index contributed by atoms with van der Waals surface area (Å²) in [4.78, 5) is 20.4. The zero-order valence-electron chi connectivity index (χ0n) is 18.3. The molecule has 186 valence electrons. The first-order chi connectivity index (χ1) is 16.7. The van der Waals surface area contributed by atoms with Gasteiger partial charge in [0.05, 0.1) is 17.8 Å². The second-order valence-electron chi connectivity index (χ2n) is 7.75. The van der Waals surface area contributed by atoms with Gasteiger partial charge in [0, 0.05) is 49.1 Å². The normalized spacial score (nSPS) is 15.6. The van der Waals surface area contributed by atoms with Crippen LogP contribution in [-0.2, 0) is 22.2 Å². The van der Waals surface area contributed by atoms with Crippen LogP contribution >= 0.6 is 11.3 Å². The monoisotopic (exact) mass is 525 g/mol. The van der Waals surface area contributed by atoms with Crippen molar-refractivity contribution in [3.63, 3.8) is 0 Å². The van der Waals surface area contributed by atoms with Crippen molar-refractivity contribution in [2.75, 3.05) is 47.2 Å². The number of carbonyl (C=O) groups is 1. The molecule has 3 aromatic rings. The van der Waals surface area contributed by atoms with Gasteiger partial charge in [-0.1, -0.05) is 6.07 Å². The number of halogens is 3. The van der Waals surface area contributed by atoms with E-state index in [2.05, 4.69) is 10.3 Å². The topological polar surface area (TPSA) is 89.0 Å². The van der Waals surface area contributed by atoms with Crippen LogP contribution < -0.4 is 14.5 Å². The van der Waals surface area contributed by atoms with Gasteiger partial charge >= 0.3 is 6.18 Å². The molecule has 2 N–H and O–H groups in total. The Morgan fingerprint density at radius 2 is 1.86 bits per heavy atom. The van der Waals surface area contributed by atoms with Crippen molar-refractivity contribution in [3.05, 3.63) is 65.7 Å². The molecule has 1 fully saturated rings. The SMILES string of the molecule is O=C(CN1CCN(c2cccc(C(F)(F)F)c2)CC1)Nc1ccc(N(c2nccs2)S(=O)O)cc1. The number of piperazine rings is 1. The third-order valence-corrected chi connectivity index (χ3v) is 6.98. The third kappa shape index (κ3) is 6.36. The molecule has 1 amide bonds. The quantitative estimate of drug-likeness (QED) is 0.450. The smallest absolute Gasteiger partial charge is 0.369 e. The molecule has 35 heavy (non-hydrogen) atoms. The summed E-state index contributed by atoms with van der Waals surface area (Å²) in [6.45, 7) is 2.23. The van der Waals surface area contributed by atoms with Crippen molar-refractivity contribution in [2.45, 2.75) is 6.18 Å². The van der Waals surface area contributed by atoms with Crippen molar-refractivity contribution >= 4 is 50.7 Å². The lowest BCUT2D eigenvalue weighted by atomic mass is 10.1. The number of hydrogen-bond donors (Lipinski definition) is 2. The fraction of sp³-hybridized carbons (Fsp3) is 0.273. The van der Waals surface area contributed by atoms with Crippen LogP contribution in [-0.4, -0.2) is 57.3 Å². The molecule has 1 aromatic heterocycles. The molecule has 13 heteroatoms. The zero-order chi connectivity index (χ0) is 25.0.